The third kappa shape index (κ3) is 3.19. The highest BCUT2D eigenvalue weighted by Crippen LogP contribution is 2.24. The van der Waals surface area contributed by atoms with Crippen LogP contribution in [-0.4, -0.2) is 30.0 Å². The topological polar surface area (TPSA) is 55.6 Å². The number of anilines is 1. The molecule has 1 aliphatic rings. The summed E-state index contributed by atoms with van der Waals surface area (Å²) in [6.45, 7) is 5.55. The first-order valence-corrected chi connectivity index (χ1v) is 6.95. The van der Waals surface area contributed by atoms with E-state index in [1.807, 2.05) is 23.1 Å². The van der Waals surface area contributed by atoms with Crippen LogP contribution in [0.3, 0.4) is 0 Å². The Balaban J connectivity index is 2.01. The molecule has 2 N–H and O–H groups in total. The molecule has 1 atom stereocenters. The van der Waals surface area contributed by atoms with E-state index in [0.29, 0.717) is 11.4 Å². The summed E-state index contributed by atoms with van der Waals surface area (Å²) in [5.74, 6) is 0.647. The lowest BCUT2D eigenvalue weighted by Gasteiger charge is -2.22. The van der Waals surface area contributed by atoms with Gasteiger partial charge < -0.3 is 15.4 Å². The van der Waals surface area contributed by atoms with E-state index < -0.39 is 6.10 Å². The number of hydrogen-bond donors (Lipinski definition) is 1. The zero-order chi connectivity index (χ0) is 13.8. The molecule has 4 heteroatoms. The quantitative estimate of drug-likeness (QED) is 0.846. The lowest BCUT2D eigenvalue weighted by atomic mass is 10.1. The molecule has 0 radical (unpaired) electrons. The first-order chi connectivity index (χ1) is 9.11. The molecule has 4 nitrogen and oxygen atoms in total. The molecule has 1 aromatic carbocycles. The van der Waals surface area contributed by atoms with E-state index in [4.69, 9.17) is 10.5 Å². The first-order valence-electron chi connectivity index (χ1n) is 6.95. The lowest BCUT2D eigenvalue weighted by Crippen LogP contribution is -2.38. The van der Waals surface area contributed by atoms with Crippen molar-refractivity contribution in [1.29, 1.82) is 0 Å². The van der Waals surface area contributed by atoms with Crippen molar-refractivity contribution in [2.45, 2.75) is 39.2 Å². The smallest absolute Gasteiger partial charge is 0.263 e. The van der Waals surface area contributed by atoms with E-state index in [1.54, 1.807) is 6.92 Å². The third-order valence-corrected chi connectivity index (χ3v) is 3.55. The van der Waals surface area contributed by atoms with E-state index in [-0.39, 0.29) is 5.91 Å². The standard InChI is InChI=1S/C15H22N2O2/c1-3-12-6-7-14(13(16)10-12)19-11(2)15(18)17-8-4-5-9-17/h6-7,10-11H,3-5,8-9,16H2,1-2H3. The largest absolute Gasteiger partial charge is 0.479 e. The minimum Gasteiger partial charge on any atom is -0.479 e. The van der Waals surface area contributed by atoms with Gasteiger partial charge in [0.15, 0.2) is 6.10 Å². The molecular formula is C15H22N2O2. The Morgan fingerprint density at radius 1 is 1.42 bits per heavy atom. The number of nitrogen functional groups attached to an aromatic ring is 1. The van der Waals surface area contributed by atoms with E-state index in [1.165, 1.54) is 5.56 Å². The van der Waals surface area contributed by atoms with Crippen LogP contribution in [0, 0.1) is 0 Å². The number of hydrogen-bond acceptors (Lipinski definition) is 3. The molecule has 0 aromatic heterocycles. The maximum Gasteiger partial charge on any atom is 0.263 e. The van der Waals surface area contributed by atoms with Gasteiger partial charge in [0.2, 0.25) is 0 Å². The van der Waals surface area contributed by atoms with Crippen LogP contribution in [0.15, 0.2) is 18.2 Å². The molecule has 1 aromatic rings. The van der Waals surface area contributed by atoms with Gasteiger partial charge in [0.25, 0.3) is 5.91 Å². The molecule has 0 bridgehead atoms. The Bertz CT molecular complexity index is 453. The van der Waals surface area contributed by atoms with Crippen LogP contribution in [0.25, 0.3) is 0 Å². The van der Waals surface area contributed by atoms with E-state index in [0.717, 1.165) is 32.4 Å². The maximum absolute atomic E-state index is 12.1. The van der Waals surface area contributed by atoms with Crippen molar-refractivity contribution in [2.24, 2.45) is 0 Å². The molecule has 1 saturated heterocycles. The molecule has 1 unspecified atom stereocenters. The molecule has 1 amide bonds. The fourth-order valence-corrected chi connectivity index (χ4v) is 2.36. The van der Waals surface area contributed by atoms with Gasteiger partial charge in [0, 0.05) is 13.1 Å². The molecule has 0 aliphatic carbocycles. The minimum absolute atomic E-state index is 0.0523. The van der Waals surface area contributed by atoms with Gasteiger partial charge in [-0.15, -0.1) is 0 Å². The first kappa shape index (κ1) is 13.7. The Morgan fingerprint density at radius 2 is 2.11 bits per heavy atom. The van der Waals surface area contributed by atoms with Crippen molar-refractivity contribution in [3.05, 3.63) is 23.8 Å². The van der Waals surface area contributed by atoms with Crippen LogP contribution in [-0.2, 0) is 11.2 Å². The molecule has 1 heterocycles. The van der Waals surface area contributed by atoms with Crippen LogP contribution in [0.1, 0.15) is 32.3 Å². The highest BCUT2D eigenvalue weighted by Gasteiger charge is 2.24. The highest BCUT2D eigenvalue weighted by molar-refractivity contribution is 5.81. The van der Waals surface area contributed by atoms with Crippen molar-refractivity contribution in [1.82, 2.24) is 4.90 Å². The summed E-state index contributed by atoms with van der Waals surface area (Å²) in [7, 11) is 0. The number of nitrogens with two attached hydrogens (primary N) is 1. The van der Waals surface area contributed by atoms with Gasteiger partial charge in [-0.1, -0.05) is 13.0 Å². The van der Waals surface area contributed by atoms with Gasteiger partial charge in [-0.3, -0.25) is 4.79 Å². The van der Waals surface area contributed by atoms with E-state index in [2.05, 4.69) is 6.92 Å². The Labute approximate surface area is 114 Å². The van der Waals surface area contributed by atoms with Gasteiger partial charge in [-0.25, -0.2) is 0 Å². The predicted molar refractivity (Wildman–Crippen MR) is 76.1 cm³/mol. The SMILES string of the molecule is CCc1ccc(OC(C)C(=O)N2CCCC2)c(N)c1. The normalized spacial score (nSPS) is 16.4. The summed E-state index contributed by atoms with van der Waals surface area (Å²) in [4.78, 5) is 14.0. The number of benzene rings is 1. The molecule has 0 saturated carbocycles. The predicted octanol–water partition coefficient (Wildman–Crippen LogP) is 2.22. The van der Waals surface area contributed by atoms with Crippen LogP contribution in [0.5, 0.6) is 5.75 Å². The summed E-state index contributed by atoms with van der Waals surface area (Å²) in [6, 6.07) is 5.74. The fourth-order valence-electron chi connectivity index (χ4n) is 2.36. The lowest BCUT2D eigenvalue weighted by molar-refractivity contribution is -0.136. The monoisotopic (exact) mass is 262 g/mol. The summed E-state index contributed by atoms with van der Waals surface area (Å²) < 4.78 is 5.70. The Kier molecular flexibility index (Phi) is 4.30. The number of rotatable bonds is 4. The fraction of sp³-hybridized carbons (Fsp3) is 0.533. The summed E-state index contributed by atoms with van der Waals surface area (Å²) in [6.07, 6.45) is 2.64. The zero-order valence-electron chi connectivity index (χ0n) is 11.7. The summed E-state index contributed by atoms with van der Waals surface area (Å²) in [5.41, 5.74) is 7.72. The zero-order valence-corrected chi connectivity index (χ0v) is 11.7. The van der Waals surface area contributed by atoms with Crippen LogP contribution >= 0.6 is 0 Å². The van der Waals surface area contributed by atoms with E-state index >= 15 is 0 Å². The number of carbonyl (C=O) groups is 1. The van der Waals surface area contributed by atoms with Gasteiger partial charge in [-0.05, 0) is 43.9 Å². The van der Waals surface area contributed by atoms with E-state index in [9.17, 15) is 4.79 Å². The van der Waals surface area contributed by atoms with Crippen LogP contribution in [0.2, 0.25) is 0 Å². The third-order valence-electron chi connectivity index (χ3n) is 3.55. The number of likely N-dealkylation sites (tertiary alicyclic amines) is 1. The molecular weight excluding hydrogens is 240 g/mol. The highest BCUT2D eigenvalue weighted by atomic mass is 16.5. The van der Waals surface area contributed by atoms with Gasteiger partial charge in [-0.2, -0.15) is 0 Å². The summed E-state index contributed by atoms with van der Waals surface area (Å²) in [5, 5.41) is 0. The Hall–Kier alpha value is -1.71. The van der Waals surface area contributed by atoms with Crippen molar-refractivity contribution in [3.8, 4) is 5.75 Å². The number of ether oxygens (including phenoxy) is 1. The Morgan fingerprint density at radius 3 is 2.68 bits per heavy atom. The van der Waals surface area contributed by atoms with Gasteiger partial charge in [0.1, 0.15) is 5.75 Å². The number of amides is 1. The maximum atomic E-state index is 12.1. The molecule has 104 valence electrons. The molecule has 1 aliphatic heterocycles. The van der Waals surface area contributed by atoms with Crippen molar-refractivity contribution in [3.63, 3.8) is 0 Å². The second kappa shape index (κ2) is 5.95. The van der Waals surface area contributed by atoms with Crippen LogP contribution in [0.4, 0.5) is 5.69 Å². The number of carbonyl (C=O) groups excluding carboxylic acids is 1. The second-order valence-electron chi connectivity index (χ2n) is 5.02. The second-order valence-corrected chi connectivity index (χ2v) is 5.02. The van der Waals surface area contributed by atoms with Gasteiger partial charge >= 0.3 is 0 Å². The van der Waals surface area contributed by atoms with Crippen molar-refractivity contribution < 1.29 is 9.53 Å². The average molecular weight is 262 g/mol. The van der Waals surface area contributed by atoms with Crippen molar-refractivity contribution in [2.75, 3.05) is 18.8 Å². The molecule has 19 heavy (non-hydrogen) atoms. The van der Waals surface area contributed by atoms with Gasteiger partial charge in [0.05, 0.1) is 5.69 Å². The van der Waals surface area contributed by atoms with Crippen LogP contribution < -0.4 is 10.5 Å². The molecule has 1 fully saturated rings. The van der Waals surface area contributed by atoms with Crippen molar-refractivity contribution >= 4 is 11.6 Å². The number of nitrogens with zero attached hydrogens (tertiary/aromatic N) is 1. The number of aryl methyl sites for hydroxylation is 1. The minimum atomic E-state index is -0.479. The summed E-state index contributed by atoms with van der Waals surface area (Å²) >= 11 is 0. The molecule has 2 rings (SSSR count). The molecule has 0 spiro atoms. The average Bonchev–Trinajstić information content (AvgIpc) is 2.94.